The average molecular weight is 470 g/mol. The van der Waals surface area contributed by atoms with Crippen LogP contribution in [0.5, 0.6) is 5.75 Å². The molecule has 0 saturated carbocycles. The van der Waals surface area contributed by atoms with Crippen LogP contribution in [-0.2, 0) is 19.1 Å². The predicted molar refractivity (Wildman–Crippen MR) is 114 cm³/mol. The lowest BCUT2D eigenvalue weighted by Crippen LogP contribution is -2.22. The van der Waals surface area contributed by atoms with Gasteiger partial charge in [-0.1, -0.05) is 23.2 Å². The molecule has 0 atom stereocenters. The first-order valence-corrected chi connectivity index (χ1v) is 9.48. The van der Waals surface area contributed by atoms with E-state index in [0.717, 1.165) is 0 Å². The van der Waals surface area contributed by atoms with Crippen molar-refractivity contribution in [3.05, 3.63) is 56.6 Å². The van der Waals surface area contributed by atoms with E-state index in [1.165, 1.54) is 37.4 Å². The summed E-state index contributed by atoms with van der Waals surface area (Å²) in [7, 11) is 1.37. The third kappa shape index (κ3) is 7.43. The highest BCUT2D eigenvalue weighted by atomic mass is 35.5. The second kappa shape index (κ2) is 11.1. The molecule has 0 fully saturated rings. The second-order valence-corrected chi connectivity index (χ2v) is 6.84. The average Bonchev–Trinajstić information content (AvgIpc) is 2.73. The maximum Gasteiger partial charge on any atom is 0.306 e. The molecule has 0 bridgehead atoms. The molecule has 0 radical (unpaired) electrons. The molecule has 2 rings (SSSR count). The SMILES string of the molecule is COc1ccc([N+](=O)[O-])c(NC(=O)COC(=O)CCC(=O)Nc2ccc(Cl)c(Cl)c2)c1. The van der Waals surface area contributed by atoms with Crippen LogP contribution in [0.2, 0.25) is 10.0 Å². The van der Waals surface area contributed by atoms with Crippen LogP contribution in [0.4, 0.5) is 17.1 Å². The molecule has 0 aliphatic carbocycles. The predicted octanol–water partition coefficient (Wildman–Crippen LogP) is 3.81. The number of benzene rings is 2. The third-order valence-corrected chi connectivity index (χ3v) is 4.54. The zero-order valence-corrected chi connectivity index (χ0v) is 17.7. The van der Waals surface area contributed by atoms with Gasteiger partial charge in [0.25, 0.3) is 11.6 Å². The van der Waals surface area contributed by atoms with Crippen LogP contribution in [0.15, 0.2) is 36.4 Å². The summed E-state index contributed by atoms with van der Waals surface area (Å²) in [5.74, 6) is -1.75. The van der Waals surface area contributed by atoms with Gasteiger partial charge in [-0.05, 0) is 24.3 Å². The number of nitrogens with one attached hydrogen (secondary N) is 2. The van der Waals surface area contributed by atoms with E-state index in [2.05, 4.69) is 10.6 Å². The monoisotopic (exact) mass is 469 g/mol. The number of esters is 1. The van der Waals surface area contributed by atoms with E-state index in [1.807, 2.05) is 0 Å². The number of rotatable bonds is 9. The molecule has 0 heterocycles. The van der Waals surface area contributed by atoms with Crippen LogP contribution in [-0.4, -0.2) is 36.4 Å². The summed E-state index contributed by atoms with van der Waals surface area (Å²) in [6.07, 6.45) is -0.470. The molecular formula is C19H17Cl2N3O7. The van der Waals surface area contributed by atoms with Gasteiger partial charge in [-0.2, -0.15) is 0 Å². The van der Waals surface area contributed by atoms with E-state index in [1.54, 1.807) is 6.07 Å². The minimum atomic E-state index is -0.792. The Morgan fingerprint density at radius 3 is 2.39 bits per heavy atom. The lowest BCUT2D eigenvalue weighted by atomic mass is 10.2. The Morgan fingerprint density at radius 1 is 1.00 bits per heavy atom. The first-order valence-electron chi connectivity index (χ1n) is 8.72. The standard InChI is InChI=1S/C19H17Cl2N3O7/c1-30-12-3-5-16(24(28)29)15(9-12)23-18(26)10-31-19(27)7-6-17(25)22-11-2-4-13(20)14(21)8-11/h2-5,8-9H,6-7,10H2,1H3,(H,22,25)(H,23,26). The molecule has 164 valence electrons. The quantitative estimate of drug-likeness (QED) is 0.323. The van der Waals surface area contributed by atoms with E-state index in [-0.39, 0.29) is 29.2 Å². The first-order chi connectivity index (χ1) is 14.7. The molecule has 2 aromatic rings. The van der Waals surface area contributed by atoms with Gasteiger partial charge >= 0.3 is 5.97 Å². The molecule has 0 aromatic heterocycles. The number of methoxy groups -OCH3 is 1. The smallest absolute Gasteiger partial charge is 0.306 e. The number of amides is 2. The molecule has 0 spiro atoms. The van der Waals surface area contributed by atoms with Crippen molar-refractivity contribution in [3.8, 4) is 5.75 Å². The van der Waals surface area contributed by atoms with Gasteiger partial charge in [-0.15, -0.1) is 0 Å². The summed E-state index contributed by atoms with van der Waals surface area (Å²) in [6, 6.07) is 8.34. The van der Waals surface area contributed by atoms with E-state index >= 15 is 0 Å². The molecule has 12 heteroatoms. The highest BCUT2D eigenvalue weighted by Crippen LogP contribution is 2.28. The van der Waals surface area contributed by atoms with Gasteiger partial charge in [0.1, 0.15) is 11.4 Å². The van der Waals surface area contributed by atoms with Gasteiger partial charge in [0.15, 0.2) is 6.61 Å². The Hall–Kier alpha value is -3.37. The van der Waals surface area contributed by atoms with Crippen molar-refractivity contribution >= 4 is 58.0 Å². The summed E-state index contributed by atoms with van der Waals surface area (Å²) in [5.41, 5.74) is -0.0436. The zero-order valence-electron chi connectivity index (χ0n) is 16.1. The largest absolute Gasteiger partial charge is 0.497 e. The number of ether oxygens (including phenoxy) is 2. The van der Waals surface area contributed by atoms with Crippen molar-refractivity contribution in [2.75, 3.05) is 24.4 Å². The molecule has 0 aliphatic heterocycles. The van der Waals surface area contributed by atoms with Crippen molar-refractivity contribution in [1.29, 1.82) is 0 Å². The minimum Gasteiger partial charge on any atom is -0.497 e. The highest BCUT2D eigenvalue weighted by molar-refractivity contribution is 6.42. The van der Waals surface area contributed by atoms with Crippen molar-refractivity contribution in [1.82, 2.24) is 0 Å². The summed E-state index contributed by atoms with van der Waals surface area (Å²) >= 11 is 11.7. The summed E-state index contributed by atoms with van der Waals surface area (Å²) < 4.78 is 9.77. The fraction of sp³-hybridized carbons (Fsp3) is 0.211. The van der Waals surface area contributed by atoms with E-state index < -0.39 is 29.3 Å². The molecule has 31 heavy (non-hydrogen) atoms. The lowest BCUT2D eigenvalue weighted by molar-refractivity contribution is -0.383. The van der Waals surface area contributed by atoms with Crippen molar-refractivity contribution in [2.24, 2.45) is 0 Å². The maximum atomic E-state index is 12.0. The number of carbonyl (C=O) groups is 3. The Bertz CT molecular complexity index is 1010. The minimum absolute atomic E-state index is 0.105. The molecule has 0 aliphatic rings. The molecule has 2 amide bonds. The molecule has 10 nitrogen and oxygen atoms in total. The van der Waals surface area contributed by atoms with Crippen LogP contribution < -0.4 is 15.4 Å². The molecule has 0 saturated heterocycles. The van der Waals surface area contributed by atoms with E-state index in [0.29, 0.717) is 16.5 Å². The molecular weight excluding hydrogens is 453 g/mol. The Kier molecular flexibility index (Phi) is 8.59. The van der Waals surface area contributed by atoms with Crippen LogP contribution in [0.25, 0.3) is 0 Å². The fourth-order valence-electron chi connectivity index (χ4n) is 2.32. The van der Waals surface area contributed by atoms with Gasteiger partial charge in [0, 0.05) is 24.2 Å². The zero-order chi connectivity index (χ0) is 23.0. The van der Waals surface area contributed by atoms with Gasteiger partial charge in [0.2, 0.25) is 5.91 Å². The van der Waals surface area contributed by atoms with Gasteiger partial charge in [-0.3, -0.25) is 24.5 Å². The molecule has 2 N–H and O–H groups in total. The number of hydrogen-bond donors (Lipinski definition) is 2. The molecule has 0 unspecified atom stereocenters. The van der Waals surface area contributed by atoms with Crippen LogP contribution in [0.1, 0.15) is 12.8 Å². The third-order valence-electron chi connectivity index (χ3n) is 3.80. The topological polar surface area (TPSA) is 137 Å². The number of halogens is 2. The van der Waals surface area contributed by atoms with Crippen molar-refractivity contribution in [3.63, 3.8) is 0 Å². The first kappa shape index (κ1) is 23.9. The number of nitro benzene ring substituents is 1. The summed E-state index contributed by atoms with van der Waals surface area (Å²) in [4.78, 5) is 46.0. The van der Waals surface area contributed by atoms with Crippen LogP contribution in [0, 0.1) is 10.1 Å². The van der Waals surface area contributed by atoms with Gasteiger partial charge < -0.3 is 20.1 Å². The number of nitrogens with zero attached hydrogens (tertiary/aromatic N) is 1. The Labute approximate surface area is 186 Å². The molecule has 2 aromatic carbocycles. The normalized spacial score (nSPS) is 10.2. The second-order valence-electron chi connectivity index (χ2n) is 6.03. The number of hydrogen-bond acceptors (Lipinski definition) is 7. The Morgan fingerprint density at radius 2 is 1.74 bits per heavy atom. The van der Waals surface area contributed by atoms with E-state index in [9.17, 15) is 24.5 Å². The summed E-state index contributed by atoms with van der Waals surface area (Å²) in [5, 5.41) is 16.5. The van der Waals surface area contributed by atoms with E-state index in [4.69, 9.17) is 32.7 Å². The van der Waals surface area contributed by atoms with Crippen molar-refractivity contribution < 1.29 is 28.8 Å². The Balaban J connectivity index is 1.80. The maximum absolute atomic E-state index is 12.0. The van der Waals surface area contributed by atoms with Crippen molar-refractivity contribution in [2.45, 2.75) is 12.8 Å². The van der Waals surface area contributed by atoms with Gasteiger partial charge in [-0.25, -0.2) is 0 Å². The highest BCUT2D eigenvalue weighted by Gasteiger charge is 2.18. The number of nitro groups is 1. The van der Waals surface area contributed by atoms with Gasteiger partial charge in [0.05, 0.1) is 28.5 Å². The number of carbonyl (C=O) groups excluding carboxylic acids is 3. The fourth-order valence-corrected chi connectivity index (χ4v) is 2.62. The lowest BCUT2D eigenvalue weighted by Gasteiger charge is -2.09. The summed E-state index contributed by atoms with van der Waals surface area (Å²) in [6.45, 7) is -0.679. The van der Waals surface area contributed by atoms with Crippen LogP contribution >= 0.6 is 23.2 Å². The van der Waals surface area contributed by atoms with Crippen LogP contribution in [0.3, 0.4) is 0 Å². The number of anilines is 2.